The predicted molar refractivity (Wildman–Crippen MR) is 386 cm³/mol. The van der Waals surface area contributed by atoms with Crippen LogP contribution in [0, 0.1) is 17.8 Å². The number of unbranched alkanes of at least 4 members (excludes halogenated alkanes) is 42. The Morgan fingerprint density at radius 1 is 0.284 bits per heavy atom. The average Bonchev–Trinajstić information content (AvgIpc) is 2.02. The largest absolute Gasteiger partial charge is 0.472 e. The molecule has 0 radical (unpaired) electrons. The highest BCUT2D eigenvalue weighted by molar-refractivity contribution is 7.47. The minimum absolute atomic E-state index is 0.105. The van der Waals surface area contributed by atoms with Crippen molar-refractivity contribution in [2.75, 3.05) is 39.6 Å². The SMILES string of the molecule is CCCCCCCCCCCCCC(=O)OC[C@H](COP(=O)(O)OC[C@H](O)COP(=O)(O)OC[C@@H](COC(=O)CCCCCCCCCCCCCCCC(C)C)OC(=O)CCCCCCCCCCCCCCCC(C)C)OC(=O)CCCCCCCCCCCC(C)C. The molecule has 0 aromatic heterocycles. The summed E-state index contributed by atoms with van der Waals surface area (Å²) >= 11 is 0. The maximum atomic E-state index is 13.1. The van der Waals surface area contributed by atoms with Crippen LogP contribution in [0.25, 0.3) is 0 Å². The lowest BCUT2D eigenvalue weighted by Gasteiger charge is -2.21. The molecule has 0 amide bonds. The van der Waals surface area contributed by atoms with Crippen LogP contribution in [0.1, 0.15) is 389 Å². The fourth-order valence-electron chi connectivity index (χ4n) is 11.6. The first-order valence-electron chi connectivity index (χ1n) is 39.3. The topological polar surface area (TPSA) is 237 Å². The summed E-state index contributed by atoms with van der Waals surface area (Å²) < 4.78 is 68.5. The second-order valence-corrected chi connectivity index (χ2v) is 31.7. The molecule has 0 aliphatic carbocycles. The van der Waals surface area contributed by atoms with Gasteiger partial charge in [0.2, 0.25) is 0 Å². The molecule has 17 nitrogen and oxygen atoms in total. The van der Waals surface area contributed by atoms with Gasteiger partial charge in [-0.25, -0.2) is 9.13 Å². The number of carbonyl (C=O) groups excluding carboxylic acids is 4. The first-order chi connectivity index (χ1) is 45.7. The van der Waals surface area contributed by atoms with E-state index in [2.05, 4.69) is 48.5 Å². The third kappa shape index (κ3) is 70.3. The van der Waals surface area contributed by atoms with Crippen molar-refractivity contribution in [1.82, 2.24) is 0 Å². The molecule has 95 heavy (non-hydrogen) atoms. The quantitative estimate of drug-likeness (QED) is 0.0222. The Labute approximate surface area is 581 Å². The highest BCUT2D eigenvalue weighted by Gasteiger charge is 2.30. The van der Waals surface area contributed by atoms with Crippen LogP contribution in [-0.2, 0) is 65.4 Å². The van der Waals surface area contributed by atoms with Crippen molar-refractivity contribution in [2.24, 2.45) is 17.8 Å². The molecule has 0 saturated carbocycles. The first kappa shape index (κ1) is 93.1. The molecule has 0 heterocycles. The van der Waals surface area contributed by atoms with Crippen molar-refractivity contribution in [3.05, 3.63) is 0 Å². The minimum Gasteiger partial charge on any atom is -0.462 e. The third-order valence-corrected chi connectivity index (χ3v) is 19.5. The molecule has 19 heteroatoms. The third-order valence-electron chi connectivity index (χ3n) is 17.6. The van der Waals surface area contributed by atoms with Gasteiger partial charge in [-0.15, -0.1) is 0 Å². The van der Waals surface area contributed by atoms with E-state index >= 15 is 0 Å². The number of carbonyl (C=O) groups is 4. The number of phosphoric acid groups is 2. The molecule has 0 saturated heterocycles. The van der Waals surface area contributed by atoms with Gasteiger partial charge in [0, 0.05) is 25.7 Å². The first-order valence-corrected chi connectivity index (χ1v) is 42.3. The molecule has 3 N–H and O–H groups in total. The summed E-state index contributed by atoms with van der Waals surface area (Å²) in [5.41, 5.74) is 0. The molecule has 0 spiro atoms. The Kier molecular flexibility index (Phi) is 65.2. The van der Waals surface area contributed by atoms with Crippen LogP contribution in [0.15, 0.2) is 0 Å². The molecule has 0 fully saturated rings. The Hall–Kier alpha value is -1.94. The van der Waals surface area contributed by atoms with Crippen LogP contribution < -0.4 is 0 Å². The molecule has 0 aliphatic heterocycles. The molecule has 0 aliphatic rings. The molecule has 2 unspecified atom stereocenters. The Morgan fingerprint density at radius 2 is 0.484 bits per heavy atom. The lowest BCUT2D eigenvalue weighted by molar-refractivity contribution is -0.161. The van der Waals surface area contributed by atoms with Gasteiger partial charge in [0.1, 0.15) is 19.3 Å². The number of phosphoric ester groups is 2. The summed E-state index contributed by atoms with van der Waals surface area (Å²) in [6.07, 6.45) is 52.6. The molecular formula is C76H148O17P2. The zero-order valence-electron chi connectivity index (χ0n) is 62.1. The molecule has 5 atom stereocenters. The molecule has 0 aromatic rings. The summed E-state index contributed by atoms with van der Waals surface area (Å²) in [5, 5.41) is 10.6. The second kappa shape index (κ2) is 66.6. The van der Waals surface area contributed by atoms with Gasteiger partial charge in [0.25, 0.3) is 0 Å². The zero-order valence-corrected chi connectivity index (χ0v) is 63.9. The van der Waals surface area contributed by atoms with Gasteiger partial charge in [-0.2, -0.15) is 0 Å². The van der Waals surface area contributed by atoms with Crippen LogP contribution in [0.5, 0.6) is 0 Å². The van der Waals surface area contributed by atoms with E-state index < -0.39 is 97.5 Å². The highest BCUT2D eigenvalue weighted by Crippen LogP contribution is 2.45. The van der Waals surface area contributed by atoms with Crippen molar-refractivity contribution in [2.45, 2.75) is 407 Å². The Balaban J connectivity index is 5.25. The highest BCUT2D eigenvalue weighted by atomic mass is 31.2. The van der Waals surface area contributed by atoms with E-state index in [1.54, 1.807) is 0 Å². The number of rotatable bonds is 74. The summed E-state index contributed by atoms with van der Waals surface area (Å²) in [6.45, 7) is 11.9. The number of hydrogen-bond donors (Lipinski definition) is 3. The summed E-state index contributed by atoms with van der Waals surface area (Å²) in [7, 11) is -9.91. The van der Waals surface area contributed by atoms with E-state index in [0.717, 1.165) is 108 Å². The Bertz CT molecular complexity index is 1850. The monoisotopic (exact) mass is 1400 g/mol. The van der Waals surface area contributed by atoms with Crippen LogP contribution in [0.3, 0.4) is 0 Å². The van der Waals surface area contributed by atoms with Gasteiger partial charge in [0.15, 0.2) is 12.2 Å². The molecular weight excluding hydrogens is 1250 g/mol. The molecule has 0 bridgehead atoms. The number of aliphatic hydroxyl groups is 1. The normalized spacial score (nSPS) is 14.1. The van der Waals surface area contributed by atoms with Crippen LogP contribution >= 0.6 is 15.6 Å². The van der Waals surface area contributed by atoms with Crippen molar-refractivity contribution in [3.63, 3.8) is 0 Å². The van der Waals surface area contributed by atoms with Gasteiger partial charge < -0.3 is 33.8 Å². The van der Waals surface area contributed by atoms with E-state index in [1.165, 1.54) is 199 Å². The number of hydrogen-bond acceptors (Lipinski definition) is 15. The fourth-order valence-corrected chi connectivity index (χ4v) is 13.2. The van der Waals surface area contributed by atoms with E-state index in [0.29, 0.717) is 25.7 Å². The van der Waals surface area contributed by atoms with E-state index in [4.69, 9.17) is 37.0 Å². The summed E-state index contributed by atoms with van der Waals surface area (Å²) in [6, 6.07) is 0. The van der Waals surface area contributed by atoms with Gasteiger partial charge >= 0.3 is 39.5 Å². The van der Waals surface area contributed by atoms with Crippen LogP contribution in [0.2, 0.25) is 0 Å². The maximum Gasteiger partial charge on any atom is 0.472 e. The number of ether oxygens (including phenoxy) is 4. The van der Waals surface area contributed by atoms with Crippen LogP contribution in [-0.4, -0.2) is 96.7 Å². The van der Waals surface area contributed by atoms with Crippen molar-refractivity contribution in [1.29, 1.82) is 0 Å². The molecule has 0 rings (SSSR count). The summed E-state index contributed by atoms with van der Waals surface area (Å²) in [5.74, 6) is 0.197. The van der Waals surface area contributed by atoms with Gasteiger partial charge in [-0.05, 0) is 43.4 Å². The lowest BCUT2D eigenvalue weighted by Crippen LogP contribution is -2.30. The number of aliphatic hydroxyl groups excluding tert-OH is 1. The van der Waals surface area contributed by atoms with Crippen molar-refractivity contribution >= 4 is 39.5 Å². The maximum absolute atomic E-state index is 13.1. The van der Waals surface area contributed by atoms with E-state index in [-0.39, 0.29) is 25.7 Å². The van der Waals surface area contributed by atoms with Gasteiger partial charge in [0.05, 0.1) is 26.4 Å². The van der Waals surface area contributed by atoms with Crippen LogP contribution in [0.4, 0.5) is 0 Å². The van der Waals surface area contributed by atoms with E-state index in [9.17, 15) is 43.2 Å². The average molecular weight is 1400 g/mol. The van der Waals surface area contributed by atoms with Gasteiger partial charge in [-0.1, -0.05) is 337 Å². The van der Waals surface area contributed by atoms with Gasteiger partial charge in [-0.3, -0.25) is 37.3 Å². The lowest BCUT2D eigenvalue weighted by atomic mass is 10.0. The van der Waals surface area contributed by atoms with Crippen molar-refractivity contribution in [3.8, 4) is 0 Å². The Morgan fingerprint density at radius 3 is 0.716 bits per heavy atom. The number of esters is 4. The zero-order chi connectivity index (χ0) is 70.1. The van der Waals surface area contributed by atoms with E-state index in [1.807, 2.05) is 0 Å². The minimum atomic E-state index is -4.96. The smallest absolute Gasteiger partial charge is 0.462 e. The predicted octanol–water partition coefficient (Wildman–Crippen LogP) is 22.2. The molecule has 564 valence electrons. The second-order valence-electron chi connectivity index (χ2n) is 28.8. The fraction of sp³-hybridized carbons (Fsp3) is 0.947. The summed E-state index contributed by atoms with van der Waals surface area (Å²) in [4.78, 5) is 72.8. The standard InChI is InChI=1S/C76H148O17P2/c1-8-9-10-11-12-13-20-29-36-43-50-57-73(78)86-64-72(93-76(81)60-53-46-39-32-25-28-35-42-49-56-69(6)7)66-91-95(84,85)89-62-70(77)61-88-94(82,83)90-65-71(92-75(80)59-52-45-38-31-24-19-15-17-22-27-34-41-48-55-68(4)5)63-87-74(79)58-51-44-37-30-23-18-14-16-21-26-33-40-47-54-67(2)3/h67-72,77H,8-66H2,1-7H3,(H,82,83)(H,84,85)/t70-,71-,72-/m1/s1. The molecule has 0 aromatic carbocycles. The van der Waals surface area contributed by atoms with Crippen molar-refractivity contribution < 1.29 is 80.2 Å².